The van der Waals surface area contributed by atoms with Crippen molar-refractivity contribution in [2.24, 2.45) is 5.73 Å². The maximum Gasteiger partial charge on any atom is 0.326 e. The number of rotatable bonds is 7. The molecule has 0 spiro atoms. The molecule has 1 fully saturated rings. The average molecular weight is 479 g/mol. The molecule has 4 heterocycles. The van der Waals surface area contributed by atoms with Crippen LogP contribution in [0.15, 0.2) is 35.7 Å². The van der Waals surface area contributed by atoms with Crippen LogP contribution in [0.5, 0.6) is 11.8 Å². The Morgan fingerprint density at radius 1 is 1.29 bits per heavy atom. The van der Waals surface area contributed by atoms with E-state index in [1.807, 2.05) is 0 Å². The molecule has 182 valence electrons. The van der Waals surface area contributed by atoms with Crippen molar-refractivity contribution >= 4 is 33.4 Å². The molecule has 5 rings (SSSR count). The number of halogens is 1. The summed E-state index contributed by atoms with van der Waals surface area (Å²) in [5.41, 5.74) is 10.3. The molecular formula is C24H27FN8O2. The van der Waals surface area contributed by atoms with Gasteiger partial charge in [-0.1, -0.05) is 12.5 Å². The fourth-order valence-corrected chi connectivity index (χ4v) is 4.32. The zero-order valence-electron chi connectivity index (χ0n) is 19.8. The lowest BCUT2D eigenvalue weighted by Crippen LogP contribution is -2.42. The van der Waals surface area contributed by atoms with Crippen molar-refractivity contribution in [1.82, 2.24) is 24.9 Å². The highest BCUT2D eigenvalue weighted by Gasteiger charge is 2.28. The van der Waals surface area contributed by atoms with Crippen LogP contribution >= 0.6 is 0 Å². The van der Waals surface area contributed by atoms with Crippen LogP contribution in [0.3, 0.4) is 0 Å². The normalized spacial score (nSPS) is 14.3. The first kappa shape index (κ1) is 22.9. The minimum atomic E-state index is -0.786. The lowest BCUT2D eigenvalue weighted by Gasteiger charge is -2.37. The van der Waals surface area contributed by atoms with Crippen molar-refractivity contribution in [2.45, 2.75) is 26.4 Å². The van der Waals surface area contributed by atoms with Gasteiger partial charge in [0.25, 0.3) is 0 Å². The second-order valence-corrected chi connectivity index (χ2v) is 8.48. The highest BCUT2D eigenvalue weighted by molar-refractivity contribution is 6.14. The van der Waals surface area contributed by atoms with Crippen LogP contribution in [0.25, 0.3) is 21.9 Å². The Kier molecular flexibility index (Phi) is 5.95. The van der Waals surface area contributed by atoms with Crippen LogP contribution in [0.1, 0.15) is 32.2 Å². The zero-order chi connectivity index (χ0) is 24.7. The molecule has 4 aromatic rings. The van der Waals surface area contributed by atoms with Gasteiger partial charge in [-0.15, -0.1) is 0 Å². The highest BCUT2D eigenvalue weighted by Crippen LogP contribution is 2.39. The second-order valence-electron chi connectivity index (χ2n) is 8.48. The molecule has 0 radical (unpaired) electrons. The molecule has 10 nitrogen and oxygen atoms in total. The predicted molar refractivity (Wildman–Crippen MR) is 132 cm³/mol. The number of benzene rings is 1. The first-order valence-corrected chi connectivity index (χ1v) is 11.4. The summed E-state index contributed by atoms with van der Waals surface area (Å²) in [5.74, 6) is 0.906. The minimum Gasteiger partial charge on any atom is -0.421 e. The molecule has 1 saturated heterocycles. The summed E-state index contributed by atoms with van der Waals surface area (Å²) in [6, 6.07) is 3.02. The molecule has 5 N–H and O–H groups in total. The summed E-state index contributed by atoms with van der Waals surface area (Å²) < 4.78 is 20.3. The molecule has 1 aliphatic heterocycles. The number of hydrogen-bond donors (Lipinski definition) is 4. The SMILES string of the molecule is CCC(CN)=C1CN(c2nc(Oc3cnc(C(C)O)nc3)nc3[nH]c4c(NC)cc(F)cc4c23)C1. The molecule has 0 aliphatic carbocycles. The largest absolute Gasteiger partial charge is 0.421 e. The number of anilines is 2. The Hall–Kier alpha value is -3.83. The molecule has 0 amide bonds. The van der Waals surface area contributed by atoms with Crippen molar-refractivity contribution < 1.29 is 14.2 Å². The number of fused-ring (bicyclic) bond motifs is 3. The Labute approximate surface area is 201 Å². The van der Waals surface area contributed by atoms with Crippen molar-refractivity contribution in [2.75, 3.05) is 36.9 Å². The van der Waals surface area contributed by atoms with E-state index >= 15 is 0 Å². The Morgan fingerprint density at radius 3 is 2.66 bits per heavy atom. The van der Waals surface area contributed by atoms with Gasteiger partial charge >= 0.3 is 6.01 Å². The van der Waals surface area contributed by atoms with Gasteiger partial charge in [-0.3, -0.25) is 0 Å². The topological polar surface area (TPSA) is 138 Å². The summed E-state index contributed by atoms with van der Waals surface area (Å²) in [6.07, 6.45) is 3.04. The number of nitrogens with two attached hydrogens (primary N) is 1. The second kappa shape index (κ2) is 9.08. The van der Waals surface area contributed by atoms with E-state index in [0.29, 0.717) is 53.3 Å². The van der Waals surface area contributed by atoms with Gasteiger partial charge < -0.3 is 30.8 Å². The summed E-state index contributed by atoms with van der Waals surface area (Å²) in [4.78, 5) is 22.9. The molecule has 35 heavy (non-hydrogen) atoms. The third-order valence-electron chi connectivity index (χ3n) is 6.22. The van der Waals surface area contributed by atoms with Crippen LogP contribution in [0.2, 0.25) is 0 Å². The van der Waals surface area contributed by atoms with Gasteiger partial charge in [0.2, 0.25) is 0 Å². The average Bonchev–Trinajstić information content (AvgIpc) is 3.18. The van der Waals surface area contributed by atoms with E-state index in [0.717, 1.165) is 11.9 Å². The Balaban J connectivity index is 1.62. The van der Waals surface area contributed by atoms with Crippen molar-refractivity contribution in [3.8, 4) is 11.8 Å². The van der Waals surface area contributed by atoms with Gasteiger partial charge in [-0.05, 0) is 31.1 Å². The number of aromatic nitrogens is 5. The number of hydrogen-bond acceptors (Lipinski definition) is 9. The van der Waals surface area contributed by atoms with E-state index < -0.39 is 6.10 Å². The van der Waals surface area contributed by atoms with Crippen molar-refractivity contribution in [3.63, 3.8) is 0 Å². The van der Waals surface area contributed by atoms with Crippen LogP contribution in [0.4, 0.5) is 15.9 Å². The molecule has 1 atom stereocenters. The number of ether oxygens (including phenoxy) is 1. The summed E-state index contributed by atoms with van der Waals surface area (Å²) >= 11 is 0. The molecule has 3 aromatic heterocycles. The maximum atomic E-state index is 14.4. The monoisotopic (exact) mass is 478 g/mol. The van der Waals surface area contributed by atoms with E-state index in [-0.39, 0.29) is 17.7 Å². The number of H-pyrrole nitrogens is 1. The standard InChI is InChI=1S/C24H27FN8O2/c1-4-13(7-26)14-10-33(11-14)23-19-17-5-15(25)6-18(27-3)20(17)30-22(19)31-24(32-23)35-16-8-28-21(12(2)34)29-9-16/h5-6,8-9,12,27,34H,4,7,10-11,26H2,1-3H3,(H,30,31,32). The van der Waals surface area contributed by atoms with Crippen LogP contribution < -0.4 is 20.7 Å². The number of aromatic amines is 1. The first-order valence-electron chi connectivity index (χ1n) is 11.4. The van der Waals surface area contributed by atoms with Crippen LogP contribution in [-0.2, 0) is 0 Å². The summed E-state index contributed by atoms with van der Waals surface area (Å²) in [7, 11) is 1.74. The van der Waals surface area contributed by atoms with E-state index in [2.05, 4.69) is 37.1 Å². The lowest BCUT2D eigenvalue weighted by molar-refractivity contribution is 0.188. The molecule has 0 saturated carbocycles. The lowest BCUT2D eigenvalue weighted by atomic mass is 9.98. The zero-order valence-corrected chi connectivity index (χ0v) is 19.8. The number of aliphatic hydroxyl groups is 1. The third-order valence-corrected chi connectivity index (χ3v) is 6.22. The predicted octanol–water partition coefficient (Wildman–Crippen LogP) is 3.41. The quantitative estimate of drug-likeness (QED) is 0.294. The first-order chi connectivity index (χ1) is 16.9. The fraction of sp³-hybridized carbons (Fsp3) is 0.333. The number of nitrogens with zero attached hydrogens (tertiary/aromatic N) is 5. The van der Waals surface area contributed by atoms with E-state index in [9.17, 15) is 9.50 Å². The van der Waals surface area contributed by atoms with Crippen LogP contribution in [0, 0.1) is 5.82 Å². The summed E-state index contributed by atoms with van der Waals surface area (Å²) in [5, 5.41) is 14.1. The van der Waals surface area contributed by atoms with Crippen LogP contribution in [-0.4, -0.2) is 56.7 Å². The molecule has 1 unspecified atom stereocenters. The van der Waals surface area contributed by atoms with Gasteiger partial charge in [0.05, 0.1) is 29.0 Å². The number of nitrogens with one attached hydrogen (secondary N) is 2. The minimum absolute atomic E-state index is 0.103. The maximum absolute atomic E-state index is 14.4. The molecule has 11 heteroatoms. The Bertz CT molecular complexity index is 1420. The molecule has 0 bridgehead atoms. The highest BCUT2D eigenvalue weighted by atomic mass is 19.1. The van der Waals surface area contributed by atoms with Crippen molar-refractivity contribution in [1.29, 1.82) is 0 Å². The van der Waals surface area contributed by atoms with Gasteiger partial charge in [-0.2, -0.15) is 9.97 Å². The fourth-order valence-electron chi connectivity index (χ4n) is 4.32. The molecular weight excluding hydrogens is 451 g/mol. The van der Waals surface area contributed by atoms with Gasteiger partial charge in [0.1, 0.15) is 23.4 Å². The van der Waals surface area contributed by atoms with Crippen molar-refractivity contribution in [3.05, 3.63) is 47.3 Å². The van der Waals surface area contributed by atoms with E-state index in [1.54, 1.807) is 14.0 Å². The number of aliphatic hydroxyl groups excluding tert-OH is 1. The van der Waals surface area contributed by atoms with E-state index in [1.165, 1.54) is 35.7 Å². The molecule has 1 aromatic carbocycles. The third kappa shape index (κ3) is 4.13. The molecule has 1 aliphatic rings. The smallest absolute Gasteiger partial charge is 0.326 e. The van der Waals surface area contributed by atoms with Gasteiger partial charge in [-0.25, -0.2) is 14.4 Å². The van der Waals surface area contributed by atoms with E-state index in [4.69, 9.17) is 15.5 Å². The Morgan fingerprint density at radius 2 is 2.03 bits per heavy atom. The van der Waals surface area contributed by atoms with Gasteiger partial charge in [0, 0.05) is 32.1 Å². The van der Waals surface area contributed by atoms with Gasteiger partial charge in [0.15, 0.2) is 11.6 Å². The summed E-state index contributed by atoms with van der Waals surface area (Å²) in [6.45, 7) is 5.57.